The lowest BCUT2D eigenvalue weighted by molar-refractivity contribution is 0.112. The van der Waals surface area contributed by atoms with E-state index in [1.54, 1.807) is 0 Å². The molecule has 0 fully saturated rings. The monoisotopic (exact) mass is 265 g/mol. The zero-order valence-electron chi connectivity index (χ0n) is 10.6. The van der Waals surface area contributed by atoms with Gasteiger partial charge in [-0.25, -0.2) is 0 Å². The SMILES string of the molecule is CCOCCn1c(Cl)c(C=O)c2cc(C)ccc21. The highest BCUT2D eigenvalue weighted by Crippen LogP contribution is 2.29. The van der Waals surface area contributed by atoms with Gasteiger partial charge in [-0.2, -0.15) is 0 Å². The number of hydrogen-bond acceptors (Lipinski definition) is 2. The maximum absolute atomic E-state index is 11.2. The molecular formula is C14H16ClNO2. The van der Waals surface area contributed by atoms with Crippen molar-refractivity contribution < 1.29 is 9.53 Å². The van der Waals surface area contributed by atoms with E-state index < -0.39 is 0 Å². The Kier molecular flexibility index (Phi) is 4.04. The lowest BCUT2D eigenvalue weighted by Crippen LogP contribution is -2.05. The molecular weight excluding hydrogens is 250 g/mol. The topological polar surface area (TPSA) is 31.2 Å². The van der Waals surface area contributed by atoms with Gasteiger partial charge in [0, 0.05) is 18.5 Å². The Morgan fingerprint density at radius 1 is 1.44 bits per heavy atom. The van der Waals surface area contributed by atoms with Gasteiger partial charge < -0.3 is 9.30 Å². The quantitative estimate of drug-likeness (QED) is 0.612. The predicted octanol–water partition coefficient (Wildman–Crippen LogP) is 3.45. The van der Waals surface area contributed by atoms with Crippen molar-refractivity contribution >= 4 is 28.8 Å². The first-order chi connectivity index (χ1) is 8.69. The zero-order chi connectivity index (χ0) is 13.1. The third-order valence-electron chi connectivity index (χ3n) is 2.97. The van der Waals surface area contributed by atoms with Gasteiger partial charge >= 0.3 is 0 Å². The van der Waals surface area contributed by atoms with Crippen LogP contribution in [0.25, 0.3) is 10.9 Å². The molecule has 0 aliphatic heterocycles. The number of benzene rings is 1. The molecule has 0 atom stereocenters. The van der Waals surface area contributed by atoms with Crippen LogP contribution in [0.15, 0.2) is 18.2 Å². The number of hydrogen-bond donors (Lipinski definition) is 0. The fourth-order valence-corrected chi connectivity index (χ4v) is 2.42. The molecule has 0 saturated heterocycles. The number of carbonyl (C=O) groups excluding carboxylic acids is 1. The molecule has 18 heavy (non-hydrogen) atoms. The van der Waals surface area contributed by atoms with E-state index in [-0.39, 0.29) is 0 Å². The summed E-state index contributed by atoms with van der Waals surface area (Å²) < 4.78 is 7.27. The third kappa shape index (κ3) is 2.28. The van der Waals surface area contributed by atoms with Crippen LogP contribution in [0, 0.1) is 6.92 Å². The molecule has 0 radical (unpaired) electrons. The maximum atomic E-state index is 11.2. The number of nitrogens with zero attached hydrogens (tertiary/aromatic N) is 1. The first-order valence-electron chi connectivity index (χ1n) is 6.00. The van der Waals surface area contributed by atoms with Crippen molar-refractivity contribution in [2.45, 2.75) is 20.4 Å². The van der Waals surface area contributed by atoms with Crippen molar-refractivity contribution in [2.75, 3.05) is 13.2 Å². The minimum absolute atomic E-state index is 0.491. The van der Waals surface area contributed by atoms with Crippen LogP contribution in [-0.4, -0.2) is 24.1 Å². The largest absolute Gasteiger partial charge is 0.380 e. The number of carbonyl (C=O) groups is 1. The van der Waals surface area contributed by atoms with Crippen molar-refractivity contribution in [3.63, 3.8) is 0 Å². The molecule has 1 aromatic heterocycles. The van der Waals surface area contributed by atoms with Gasteiger partial charge in [0.05, 0.1) is 17.7 Å². The highest BCUT2D eigenvalue weighted by atomic mass is 35.5. The Balaban J connectivity index is 2.51. The standard InChI is InChI=1S/C14H16ClNO2/c1-3-18-7-6-16-13-5-4-10(2)8-11(13)12(9-17)14(16)15/h4-5,8-9H,3,6-7H2,1-2H3. The third-order valence-corrected chi connectivity index (χ3v) is 3.38. The number of aryl methyl sites for hydroxylation is 1. The maximum Gasteiger partial charge on any atom is 0.153 e. The lowest BCUT2D eigenvalue weighted by Gasteiger charge is -2.07. The van der Waals surface area contributed by atoms with E-state index >= 15 is 0 Å². The van der Waals surface area contributed by atoms with Gasteiger partial charge in [0.2, 0.25) is 0 Å². The highest BCUT2D eigenvalue weighted by molar-refractivity contribution is 6.34. The van der Waals surface area contributed by atoms with Crippen LogP contribution in [0.3, 0.4) is 0 Å². The molecule has 0 amide bonds. The summed E-state index contributed by atoms with van der Waals surface area (Å²) in [6.45, 7) is 5.87. The molecule has 1 heterocycles. The van der Waals surface area contributed by atoms with Gasteiger partial charge in [-0.3, -0.25) is 4.79 Å². The Morgan fingerprint density at radius 3 is 2.89 bits per heavy atom. The second-order valence-electron chi connectivity index (χ2n) is 4.19. The van der Waals surface area contributed by atoms with Crippen molar-refractivity contribution in [3.05, 3.63) is 34.5 Å². The molecule has 0 N–H and O–H groups in total. The summed E-state index contributed by atoms with van der Waals surface area (Å²) in [4.78, 5) is 11.2. The van der Waals surface area contributed by atoms with Crippen molar-refractivity contribution in [2.24, 2.45) is 0 Å². The number of fused-ring (bicyclic) bond motifs is 1. The molecule has 3 nitrogen and oxygen atoms in total. The fraction of sp³-hybridized carbons (Fsp3) is 0.357. The van der Waals surface area contributed by atoms with E-state index in [0.717, 1.165) is 22.8 Å². The molecule has 2 aromatic rings. The highest BCUT2D eigenvalue weighted by Gasteiger charge is 2.14. The summed E-state index contributed by atoms with van der Waals surface area (Å²) in [5.74, 6) is 0. The van der Waals surface area contributed by atoms with Gasteiger partial charge in [0.1, 0.15) is 5.15 Å². The zero-order valence-corrected chi connectivity index (χ0v) is 11.3. The molecule has 0 aliphatic rings. The predicted molar refractivity (Wildman–Crippen MR) is 73.6 cm³/mol. The van der Waals surface area contributed by atoms with E-state index in [2.05, 4.69) is 0 Å². The average molecular weight is 266 g/mol. The molecule has 1 aromatic carbocycles. The van der Waals surface area contributed by atoms with Crippen molar-refractivity contribution in [3.8, 4) is 0 Å². The summed E-state index contributed by atoms with van der Waals surface area (Å²) in [6, 6.07) is 6.00. The van der Waals surface area contributed by atoms with Crippen LogP contribution in [0.2, 0.25) is 5.15 Å². The molecule has 2 rings (SSSR count). The normalized spacial score (nSPS) is 11.1. The van der Waals surface area contributed by atoms with Gasteiger partial charge in [-0.1, -0.05) is 23.2 Å². The van der Waals surface area contributed by atoms with E-state index in [4.69, 9.17) is 16.3 Å². The second-order valence-corrected chi connectivity index (χ2v) is 4.55. The summed E-state index contributed by atoms with van der Waals surface area (Å²) in [5.41, 5.74) is 2.66. The second kappa shape index (κ2) is 5.55. The average Bonchev–Trinajstić information content (AvgIpc) is 2.61. The first kappa shape index (κ1) is 13.1. The van der Waals surface area contributed by atoms with E-state index in [1.807, 2.05) is 36.6 Å². The number of ether oxygens (including phenoxy) is 1. The summed E-state index contributed by atoms with van der Waals surface area (Å²) in [5, 5.41) is 1.40. The summed E-state index contributed by atoms with van der Waals surface area (Å²) >= 11 is 6.26. The first-order valence-corrected chi connectivity index (χ1v) is 6.38. The Labute approximate surface area is 111 Å². The number of halogens is 1. The molecule has 0 bridgehead atoms. The van der Waals surface area contributed by atoms with Gasteiger partial charge in [0.15, 0.2) is 6.29 Å². The molecule has 96 valence electrons. The van der Waals surface area contributed by atoms with Gasteiger partial charge in [0.25, 0.3) is 0 Å². The van der Waals surface area contributed by atoms with E-state index in [0.29, 0.717) is 30.5 Å². The number of rotatable bonds is 5. The summed E-state index contributed by atoms with van der Waals surface area (Å²) in [6.07, 6.45) is 0.821. The van der Waals surface area contributed by atoms with Crippen LogP contribution in [0.4, 0.5) is 0 Å². The van der Waals surface area contributed by atoms with Crippen LogP contribution >= 0.6 is 11.6 Å². The molecule has 0 unspecified atom stereocenters. The molecule has 0 saturated carbocycles. The van der Waals surface area contributed by atoms with E-state index in [1.165, 1.54) is 0 Å². The van der Waals surface area contributed by atoms with Crippen LogP contribution in [0.1, 0.15) is 22.8 Å². The van der Waals surface area contributed by atoms with Gasteiger partial charge in [-0.15, -0.1) is 0 Å². The number of aromatic nitrogens is 1. The molecule has 0 aliphatic carbocycles. The van der Waals surface area contributed by atoms with Crippen LogP contribution in [0.5, 0.6) is 0 Å². The van der Waals surface area contributed by atoms with Crippen molar-refractivity contribution in [1.82, 2.24) is 4.57 Å². The minimum atomic E-state index is 0.491. The summed E-state index contributed by atoms with van der Waals surface area (Å²) in [7, 11) is 0. The van der Waals surface area contributed by atoms with E-state index in [9.17, 15) is 4.79 Å². The lowest BCUT2D eigenvalue weighted by atomic mass is 10.1. The van der Waals surface area contributed by atoms with Gasteiger partial charge in [-0.05, 0) is 26.0 Å². The Bertz CT molecular complexity index is 575. The minimum Gasteiger partial charge on any atom is -0.380 e. The number of aldehydes is 1. The fourth-order valence-electron chi connectivity index (χ4n) is 2.09. The Hall–Kier alpha value is -1.32. The Morgan fingerprint density at radius 2 is 2.22 bits per heavy atom. The van der Waals surface area contributed by atoms with Crippen LogP contribution in [-0.2, 0) is 11.3 Å². The van der Waals surface area contributed by atoms with Crippen molar-refractivity contribution in [1.29, 1.82) is 0 Å². The van der Waals surface area contributed by atoms with Crippen LogP contribution < -0.4 is 0 Å². The smallest absolute Gasteiger partial charge is 0.153 e. The molecule has 0 spiro atoms. The molecule has 4 heteroatoms.